The monoisotopic (exact) mass is 89.0 g/mol. The van der Waals surface area contributed by atoms with Crippen LogP contribution in [0.3, 0.4) is 0 Å². The predicted octanol–water partition coefficient (Wildman–Crippen LogP) is 0.367. The summed E-state index contributed by atoms with van der Waals surface area (Å²) in [7, 11) is 0. The maximum absolute atomic E-state index is 9.58. The van der Waals surface area contributed by atoms with Crippen LogP contribution in [0.5, 0.6) is 0 Å². The van der Waals surface area contributed by atoms with Crippen molar-refractivity contribution in [2.24, 2.45) is 0 Å². The van der Waals surface area contributed by atoms with E-state index in [1.165, 1.54) is 13.8 Å². The Bertz CT molecular complexity index is 58.9. The van der Waals surface area contributed by atoms with Gasteiger partial charge in [-0.15, -0.1) is 0 Å². The van der Waals surface area contributed by atoms with Crippen molar-refractivity contribution in [3.8, 4) is 0 Å². The highest BCUT2D eigenvalue weighted by molar-refractivity contribution is 5.73. The maximum atomic E-state index is 9.58. The van der Waals surface area contributed by atoms with Crippen LogP contribution >= 0.6 is 0 Å². The summed E-state index contributed by atoms with van der Waals surface area (Å²) in [6, 6.07) is 0. The van der Waals surface area contributed by atoms with E-state index in [0.29, 0.717) is 5.71 Å². The first-order chi connectivity index (χ1) is 2.64. The summed E-state index contributed by atoms with van der Waals surface area (Å²) in [5.74, 6) is 0. The molecule has 0 bridgehead atoms. The van der Waals surface area contributed by atoms with Crippen LogP contribution in [0.4, 0.5) is 0 Å². The van der Waals surface area contributed by atoms with E-state index >= 15 is 0 Å². The maximum Gasteiger partial charge on any atom is 0.215 e. The van der Waals surface area contributed by atoms with Crippen LogP contribution in [0.1, 0.15) is 13.8 Å². The van der Waals surface area contributed by atoms with Crippen molar-refractivity contribution in [3.05, 3.63) is 5.21 Å². The summed E-state index contributed by atoms with van der Waals surface area (Å²) in [5, 5.41) is 17.4. The summed E-state index contributed by atoms with van der Waals surface area (Å²) in [6.07, 6.45) is 0. The lowest BCUT2D eigenvalue weighted by Gasteiger charge is -1.83. The molecular weight excluding hydrogens is 82.0 g/mol. The van der Waals surface area contributed by atoms with Crippen LogP contribution in [0, 0.1) is 5.21 Å². The third-order valence-electron chi connectivity index (χ3n) is 0.383. The third kappa shape index (κ3) is 1.58. The van der Waals surface area contributed by atoms with Gasteiger partial charge in [-0.2, -0.15) is 0 Å². The van der Waals surface area contributed by atoms with Gasteiger partial charge in [0.2, 0.25) is 5.71 Å². The Morgan fingerprint density at radius 1 is 1.67 bits per heavy atom. The Morgan fingerprint density at radius 3 is 1.83 bits per heavy atom. The highest BCUT2D eigenvalue weighted by atomic mass is 16.8. The molecule has 0 spiro atoms. The number of hydrogen-bond donors (Lipinski definition) is 1. The minimum absolute atomic E-state index is 0.167. The van der Waals surface area contributed by atoms with Crippen molar-refractivity contribution < 1.29 is 10.1 Å². The van der Waals surface area contributed by atoms with E-state index in [1.54, 1.807) is 0 Å². The van der Waals surface area contributed by atoms with Crippen molar-refractivity contribution >= 4 is 5.71 Å². The average molecular weight is 89.1 g/mol. The second-order valence-corrected chi connectivity index (χ2v) is 1.22. The van der Waals surface area contributed by atoms with Crippen LogP contribution < -0.4 is 0 Å². The van der Waals surface area contributed by atoms with Gasteiger partial charge in [0.15, 0.2) is 0 Å². The summed E-state index contributed by atoms with van der Waals surface area (Å²) in [5.41, 5.74) is 0.343. The van der Waals surface area contributed by atoms with Gasteiger partial charge < -0.3 is 5.21 Å². The fourth-order valence-electron chi connectivity index (χ4n) is 0. The highest BCUT2D eigenvalue weighted by Crippen LogP contribution is 1.65. The zero-order valence-electron chi connectivity index (χ0n) is 3.80. The first-order valence-electron chi connectivity index (χ1n) is 1.61. The fraction of sp³-hybridized carbons (Fsp3) is 0.667. The Balaban J connectivity index is 3.68. The minimum atomic E-state index is -0.167. The number of nitrogens with zero attached hydrogens (tertiary/aromatic N) is 1. The van der Waals surface area contributed by atoms with Crippen molar-refractivity contribution in [2.45, 2.75) is 13.8 Å². The summed E-state index contributed by atoms with van der Waals surface area (Å²) < 4.78 is 0. The average Bonchev–Trinajstić information content (AvgIpc) is 1.36. The molecule has 0 amide bonds. The van der Waals surface area contributed by atoms with Crippen molar-refractivity contribution in [2.75, 3.05) is 0 Å². The second kappa shape index (κ2) is 1.64. The lowest BCUT2D eigenvalue weighted by atomic mass is 10.5. The first kappa shape index (κ1) is 5.27. The smallest absolute Gasteiger partial charge is 0.215 e. The Hall–Kier alpha value is -0.730. The molecule has 0 aliphatic carbocycles. The van der Waals surface area contributed by atoms with Crippen LogP contribution in [0.25, 0.3) is 0 Å². The normalized spacial score (nSPS) is 7.67. The van der Waals surface area contributed by atoms with Gasteiger partial charge in [-0.1, -0.05) is 0 Å². The van der Waals surface area contributed by atoms with Gasteiger partial charge in [0.1, 0.15) is 0 Å². The molecule has 0 aliphatic heterocycles. The molecule has 0 aromatic heterocycles. The Morgan fingerprint density at radius 2 is 1.83 bits per heavy atom. The lowest BCUT2D eigenvalue weighted by molar-refractivity contribution is -0.726. The molecule has 3 nitrogen and oxygen atoms in total. The van der Waals surface area contributed by atoms with Crippen molar-refractivity contribution in [1.82, 2.24) is 0 Å². The van der Waals surface area contributed by atoms with E-state index in [1.807, 2.05) is 0 Å². The number of hydrogen-bond acceptors (Lipinski definition) is 2. The zero-order valence-corrected chi connectivity index (χ0v) is 3.80. The molecule has 36 valence electrons. The van der Waals surface area contributed by atoms with E-state index in [9.17, 15) is 5.21 Å². The fourth-order valence-corrected chi connectivity index (χ4v) is 0. The third-order valence-corrected chi connectivity index (χ3v) is 0.383. The molecule has 6 heavy (non-hydrogen) atoms. The predicted molar refractivity (Wildman–Crippen MR) is 21.8 cm³/mol. The van der Waals surface area contributed by atoms with Gasteiger partial charge in [0.25, 0.3) is 0 Å². The number of rotatable bonds is 0. The molecule has 0 saturated carbocycles. The van der Waals surface area contributed by atoms with Crippen LogP contribution in [-0.4, -0.2) is 15.8 Å². The standard InChI is InChI=1S/C3H7NO2/c1-3(2)4(5)6/h1-2H3,(H,5,6). The molecule has 0 fully saturated rings. The first-order valence-corrected chi connectivity index (χ1v) is 1.61. The Kier molecular flexibility index (Phi) is 1.44. The molecule has 1 N–H and O–H groups in total. The topological polar surface area (TPSA) is 46.3 Å². The van der Waals surface area contributed by atoms with Crippen molar-refractivity contribution in [3.63, 3.8) is 0 Å². The SMILES string of the molecule is CC(C)=[N+]([O-])O. The molecule has 3 heteroatoms. The van der Waals surface area contributed by atoms with Crippen LogP contribution in [0.2, 0.25) is 0 Å². The van der Waals surface area contributed by atoms with Gasteiger partial charge in [0, 0.05) is 18.7 Å². The van der Waals surface area contributed by atoms with Crippen molar-refractivity contribution in [1.29, 1.82) is 0 Å². The van der Waals surface area contributed by atoms with E-state index in [2.05, 4.69) is 0 Å². The summed E-state index contributed by atoms with van der Waals surface area (Å²) >= 11 is 0. The van der Waals surface area contributed by atoms with Gasteiger partial charge in [-0.25, -0.2) is 0 Å². The molecule has 0 aromatic rings. The second-order valence-electron chi connectivity index (χ2n) is 1.22. The van der Waals surface area contributed by atoms with E-state index in [4.69, 9.17) is 5.21 Å². The highest BCUT2D eigenvalue weighted by Gasteiger charge is 1.86. The zero-order chi connectivity index (χ0) is 5.15. The van der Waals surface area contributed by atoms with Gasteiger partial charge in [0.05, 0.1) is 0 Å². The molecule has 0 radical (unpaired) electrons. The Labute approximate surface area is 36.1 Å². The molecule has 0 saturated heterocycles. The molecule has 0 unspecified atom stereocenters. The van der Waals surface area contributed by atoms with Gasteiger partial charge in [-0.3, -0.25) is 5.21 Å². The van der Waals surface area contributed by atoms with Gasteiger partial charge in [-0.05, 0) is 0 Å². The minimum Gasteiger partial charge on any atom is -0.418 e. The quantitative estimate of drug-likeness (QED) is 0.202. The lowest BCUT2D eigenvalue weighted by Crippen LogP contribution is -2.02. The summed E-state index contributed by atoms with van der Waals surface area (Å²) in [6.45, 7) is 3.04. The largest absolute Gasteiger partial charge is 0.418 e. The molecule has 0 rings (SSSR count). The van der Waals surface area contributed by atoms with E-state index in [-0.39, 0.29) is 4.90 Å². The van der Waals surface area contributed by atoms with Crippen LogP contribution in [-0.2, 0) is 0 Å². The molecular formula is C3H7NO2. The molecule has 0 aliphatic rings. The van der Waals surface area contributed by atoms with E-state index < -0.39 is 0 Å². The van der Waals surface area contributed by atoms with Crippen LogP contribution in [0.15, 0.2) is 0 Å². The van der Waals surface area contributed by atoms with Gasteiger partial charge >= 0.3 is 0 Å². The molecule has 0 atom stereocenters. The molecule has 0 aromatic carbocycles. The molecule has 0 heterocycles. The summed E-state index contributed by atoms with van der Waals surface area (Å²) in [4.78, 5) is -0.167. The van der Waals surface area contributed by atoms with E-state index in [0.717, 1.165) is 0 Å².